The summed E-state index contributed by atoms with van der Waals surface area (Å²) in [6.07, 6.45) is 1.65. The fourth-order valence-electron chi connectivity index (χ4n) is 1.36. The summed E-state index contributed by atoms with van der Waals surface area (Å²) in [6.45, 7) is 4.34. The average Bonchev–Trinajstić information content (AvgIpc) is 2.28. The zero-order chi connectivity index (χ0) is 12.0. The lowest BCUT2D eigenvalue weighted by Gasteiger charge is -2.20. The summed E-state index contributed by atoms with van der Waals surface area (Å²) in [5, 5.41) is 8.88. The molecule has 0 unspecified atom stereocenters. The predicted octanol–water partition coefficient (Wildman–Crippen LogP) is 1.91. The minimum absolute atomic E-state index is 0.0382. The predicted molar refractivity (Wildman–Crippen MR) is 72.3 cm³/mol. The fourth-order valence-corrected chi connectivity index (χ4v) is 1.90. The Bertz CT molecular complexity index is 379. The largest absolute Gasteiger partial charge is 0.395 e. The minimum Gasteiger partial charge on any atom is -0.395 e. The minimum atomic E-state index is -0.0764. The van der Waals surface area contributed by atoms with Crippen LogP contribution < -0.4 is 0 Å². The van der Waals surface area contributed by atoms with E-state index >= 15 is 0 Å². The van der Waals surface area contributed by atoms with Gasteiger partial charge in [-0.1, -0.05) is 12.1 Å². The lowest BCUT2D eigenvalue weighted by atomic mass is 10.2. The van der Waals surface area contributed by atoms with Gasteiger partial charge in [-0.3, -0.25) is 4.79 Å². The molecular weight excluding hydrogens is 317 g/mol. The number of hydrogen-bond donors (Lipinski definition) is 1. The summed E-state index contributed by atoms with van der Waals surface area (Å²) in [5.41, 5.74) is 0.641. The molecule has 0 aliphatic carbocycles. The van der Waals surface area contributed by atoms with Crippen LogP contribution in [0.4, 0.5) is 0 Å². The van der Waals surface area contributed by atoms with E-state index < -0.39 is 0 Å². The normalized spacial score (nSPS) is 9.88. The van der Waals surface area contributed by atoms with E-state index in [-0.39, 0.29) is 12.5 Å². The Kier molecular flexibility index (Phi) is 5.48. The van der Waals surface area contributed by atoms with E-state index in [4.69, 9.17) is 5.11 Å². The number of aliphatic hydroxyl groups is 1. The fraction of sp³-hybridized carbons (Fsp3) is 0.250. The lowest BCUT2D eigenvalue weighted by Crippen LogP contribution is -2.33. The van der Waals surface area contributed by atoms with Crippen LogP contribution in [-0.2, 0) is 0 Å². The molecule has 1 aromatic carbocycles. The van der Waals surface area contributed by atoms with E-state index in [1.165, 1.54) is 0 Å². The van der Waals surface area contributed by atoms with Crippen molar-refractivity contribution in [2.45, 2.75) is 0 Å². The van der Waals surface area contributed by atoms with Gasteiger partial charge in [-0.05, 0) is 40.8 Å². The van der Waals surface area contributed by atoms with Gasteiger partial charge in [0.05, 0.1) is 6.61 Å². The molecule has 1 amide bonds. The highest BCUT2D eigenvalue weighted by Gasteiger charge is 2.13. The molecule has 0 spiro atoms. The molecule has 3 nitrogen and oxygen atoms in total. The van der Waals surface area contributed by atoms with Crippen LogP contribution >= 0.6 is 22.6 Å². The van der Waals surface area contributed by atoms with Gasteiger partial charge in [0.15, 0.2) is 0 Å². The lowest BCUT2D eigenvalue weighted by molar-refractivity contribution is 0.0743. The van der Waals surface area contributed by atoms with Crippen LogP contribution in [-0.4, -0.2) is 35.6 Å². The SMILES string of the molecule is C=CCN(CCO)C(=O)c1cccc(I)c1. The molecule has 0 aliphatic rings. The molecule has 0 bridgehead atoms. The van der Waals surface area contributed by atoms with Gasteiger partial charge in [-0.15, -0.1) is 6.58 Å². The van der Waals surface area contributed by atoms with E-state index in [0.717, 1.165) is 3.57 Å². The van der Waals surface area contributed by atoms with Crippen LogP contribution in [0.25, 0.3) is 0 Å². The highest BCUT2D eigenvalue weighted by molar-refractivity contribution is 14.1. The monoisotopic (exact) mass is 331 g/mol. The van der Waals surface area contributed by atoms with Crippen LogP contribution in [0.2, 0.25) is 0 Å². The molecule has 0 atom stereocenters. The third-order valence-electron chi connectivity index (χ3n) is 2.08. The standard InChI is InChI=1S/C12H14INO2/c1-2-6-14(7-8-15)12(16)10-4-3-5-11(13)9-10/h2-5,9,15H,1,6-8H2. The van der Waals surface area contributed by atoms with Gasteiger partial charge in [0, 0.05) is 22.2 Å². The molecule has 0 radical (unpaired) electrons. The number of hydrogen-bond acceptors (Lipinski definition) is 2. The van der Waals surface area contributed by atoms with E-state index in [2.05, 4.69) is 29.2 Å². The van der Waals surface area contributed by atoms with Crippen molar-refractivity contribution in [1.82, 2.24) is 4.90 Å². The molecule has 16 heavy (non-hydrogen) atoms. The van der Waals surface area contributed by atoms with Crippen molar-refractivity contribution in [3.63, 3.8) is 0 Å². The first-order chi connectivity index (χ1) is 7.69. The number of amides is 1. The number of carbonyl (C=O) groups is 1. The molecule has 0 saturated heterocycles. The Morgan fingerprint density at radius 3 is 2.88 bits per heavy atom. The van der Waals surface area contributed by atoms with Crippen molar-refractivity contribution in [3.05, 3.63) is 46.1 Å². The molecule has 0 aliphatic heterocycles. The number of nitrogens with zero attached hydrogens (tertiary/aromatic N) is 1. The van der Waals surface area contributed by atoms with Gasteiger partial charge in [0.1, 0.15) is 0 Å². The van der Waals surface area contributed by atoms with Crippen molar-refractivity contribution < 1.29 is 9.90 Å². The molecule has 1 aromatic rings. The van der Waals surface area contributed by atoms with Gasteiger partial charge < -0.3 is 10.0 Å². The molecule has 1 N–H and O–H groups in total. The molecule has 0 heterocycles. The van der Waals surface area contributed by atoms with E-state index in [1.54, 1.807) is 17.0 Å². The maximum atomic E-state index is 12.0. The van der Waals surface area contributed by atoms with Gasteiger partial charge in [-0.25, -0.2) is 0 Å². The number of rotatable bonds is 5. The zero-order valence-corrected chi connectivity index (χ0v) is 11.1. The van der Waals surface area contributed by atoms with Crippen LogP contribution in [0.15, 0.2) is 36.9 Å². The van der Waals surface area contributed by atoms with E-state index in [1.807, 2.05) is 18.2 Å². The smallest absolute Gasteiger partial charge is 0.254 e. The van der Waals surface area contributed by atoms with Crippen molar-refractivity contribution in [2.75, 3.05) is 19.7 Å². The number of carbonyl (C=O) groups excluding carboxylic acids is 1. The van der Waals surface area contributed by atoms with Crippen LogP contribution in [0.1, 0.15) is 10.4 Å². The Morgan fingerprint density at radius 2 is 2.31 bits per heavy atom. The van der Waals surface area contributed by atoms with E-state index in [9.17, 15) is 4.79 Å². The van der Waals surface area contributed by atoms with Crippen LogP contribution in [0, 0.1) is 3.57 Å². The summed E-state index contributed by atoms with van der Waals surface area (Å²) in [5.74, 6) is -0.0764. The number of aliphatic hydroxyl groups excluding tert-OH is 1. The maximum Gasteiger partial charge on any atom is 0.254 e. The topological polar surface area (TPSA) is 40.5 Å². The summed E-state index contributed by atoms with van der Waals surface area (Å²) in [4.78, 5) is 13.6. The number of benzene rings is 1. The van der Waals surface area contributed by atoms with Crippen molar-refractivity contribution in [3.8, 4) is 0 Å². The Balaban J connectivity index is 2.85. The van der Waals surface area contributed by atoms with Crippen molar-refractivity contribution in [1.29, 1.82) is 0 Å². The van der Waals surface area contributed by atoms with Crippen molar-refractivity contribution in [2.24, 2.45) is 0 Å². The van der Waals surface area contributed by atoms with Crippen LogP contribution in [0.5, 0.6) is 0 Å². The molecule has 0 aromatic heterocycles. The molecule has 86 valence electrons. The quantitative estimate of drug-likeness (QED) is 0.661. The third kappa shape index (κ3) is 3.61. The second kappa shape index (κ2) is 6.65. The highest BCUT2D eigenvalue weighted by atomic mass is 127. The van der Waals surface area contributed by atoms with Gasteiger partial charge in [-0.2, -0.15) is 0 Å². The average molecular weight is 331 g/mol. The Hall–Kier alpha value is -0.880. The van der Waals surface area contributed by atoms with Gasteiger partial charge in [0.25, 0.3) is 5.91 Å². The molecular formula is C12H14INO2. The number of halogens is 1. The maximum absolute atomic E-state index is 12.0. The summed E-state index contributed by atoms with van der Waals surface area (Å²) >= 11 is 2.16. The summed E-state index contributed by atoms with van der Waals surface area (Å²) < 4.78 is 1.02. The molecule has 1 rings (SSSR count). The van der Waals surface area contributed by atoms with Gasteiger partial charge >= 0.3 is 0 Å². The first-order valence-electron chi connectivity index (χ1n) is 4.95. The third-order valence-corrected chi connectivity index (χ3v) is 2.75. The first-order valence-corrected chi connectivity index (χ1v) is 6.03. The summed E-state index contributed by atoms with van der Waals surface area (Å²) in [7, 11) is 0. The first kappa shape index (κ1) is 13.2. The zero-order valence-electron chi connectivity index (χ0n) is 8.90. The Labute approximate surface area is 109 Å². The van der Waals surface area contributed by atoms with E-state index in [0.29, 0.717) is 18.7 Å². The summed E-state index contributed by atoms with van der Waals surface area (Å²) in [6, 6.07) is 7.38. The second-order valence-corrected chi connectivity index (χ2v) is 4.52. The van der Waals surface area contributed by atoms with Gasteiger partial charge in [0.2, 0.25) is 0 Å². The second-order valence-electron chi connectivity index (χ2n) is 3.27. The molecule has 4 heteroatoms. The van der Waals surface area contributed by atoms with Crippen molar-refractivity contribution >= 4 is 28.5 Å². The molecule has 0 fully saturated rings. The molecule has 0 saturated carbocycles. The Morgan fingerprint density at radius 1 is 1.56 bits per heavy atom. The highest BCUT2D eigenvalue weighted by Crippen LogP contribution is 2.10. The van der Waals surface area contributed by atoms with Crippen LogP contribution in [0.3, 0.4) is 0 Å².